The van der Waals surface area contributed by atoms with Crippen LogP contribution in [-0.4, -0.2) is 10.7 Å². The maximum atomic E-state index is 13.0. The van der Waals surface area contributed by atoms with E-state index in [-0.39, 0.29) is 5.56 Å². The minimum Gasteiger partial charge on any atom is -0.289 e. The molecule has 0 aliphatic rings. The number of hydrogen-bond donors (Lipinski definition) is 0. The summed E-state index contributed by atoms with van der Waals surface area (Å²) in [4.78, 5) is 21.8. The van der Waals surface area contributed by atoms with Gasteiger partial charge in [-0.3, -0.25) is 14.9 Å². The van der Waals surface area contributed by atoms with Crippen LogP contribution < -0.4 is 0 Å². The Hall–Kier alpha value is -2.70. The minimum atomic E-state index is -4.86. The van der Waals surface area contributed by atoms with E-state index < -0.39 is 33.7 Å². The van der Waals surface area contributed by atoms with Gasteiger partial charge in [-0.2, -0.15) is 13.2 Å². The number of non-ortho nitro benzene ring substituents is 1. The van der Waals surface area contributed by atoms with Crippen LogP contribution in [0.25, 0.3) is 0 Å². The van der Waals surface area contributed by atoms with Gasteiger partial charge >= 0.3 is 6.18 Å². The fourth-order valence-corrected chi connectivity index (χ4v) is 1.82. The summed E-state index contributed by atoms with van der Waals surface area (Å²) in [5.41, 5.74) is -2.56. The van der Waals surface area contributed by atoms with Crippen LogP contribution in [0.2, 0.25) is 0 Å². The van der Waals surface area contributed by atoms with Crippen molar-refractivity contribution < 1.29 is 22.9 Å². The molecule has 0 atom stereocenters. The number of nitro groups is 1. The molecule has 0 amide bonds. The third-order valence-corrected chi connectivity index (χ3v) is 2.80. The highest BCUT2D eigenvalue weighted by atomic mass is 19.4. The smallest absolute Gasteiger partial charge is 0.289 e. The lowest BCUT2D eigenvalue weighted by molar-refractivity contribution is -0.385. The summed E-state index contributed by atoms with van der Waals surface area (Å²) in [5.74, 6) is -0.835. The van der Waals surface area contributed by atoms with E-state index in [1.807, 2.05) is 0 Å². The molecule has 108 valence electrons. The zero-order valence-corrected chi connectivity index (χ0v) is 10.4. The summed E-state index contributed by atoms with van der Waals surface area (Å²) in [6.45, 7) is 0. The first kappa shape index (κ1) is 14.7. The van der Waals surface area contributed by atoms with Crippen molar-refractivity contribution in [2.24, 2.45) is 0 Å². The normalized spacial score (nSPS) is 11.2. The van der Waals surface area contributed by atoms with E-state index in [0.717, 1.165) is 12.1 Å². The van der Waals surface area contributed by atoms with Crippen molar-refractivity contribution in [1.29, 1.82) is 0 Å². The van der Waals surface area contributed by atoms with Crippen LogP contribution in [0.1, 0.15) is 21.5 Å². The number of nitrogens with zero attached hydrogens (tertiary/aromatic N) is 1. The molecular formula is C14H8F3NO3. The summed E-state index contributed by atoms with van der Waals surface area (Å²) < 4.78 is 39.0. The van der Waals surface area contributed by atoms with Gasteiger partial charge in [0.25, 0.3) is 5.69 Å². The standard InChI is InChI=1S/C14H8F3NO3/c15-14(16,17)12-8-10(18(20)21)6-7-11(12)13(19)9-4-2-1-3-5-9/h1-8H. The number of carbonyl (C=O) groups is 1. The third-order valence-electron chi connectivity index (χ3n) is 2.80. The van der Waals surface area contributed by atoms with Crippen molar-refractivity contribution in [3.63, 3.8) is 0 Å². The van der Waals surface area contributed by atoms with E-state index >= 15 is 0 Å². The second-order valence-electron chi connectivity index (χ2n) is 4.18. The van der Waals surface area contributed by atoms with Gasteiger partial charge in [-0.25, -0.2) is 0 Å². The van der Waals surface area contributed by atoms with Crippen LogP contribution in [-0.2, 0) is 6.18 Å². The Bertz CT molecular complexity index is 696. The Morgan fingerprint density at radius 1 is 1.05 bits per heavy atom. The number of benzene rings is 2. The van der Waals surface area contributed by atoms with Crippen LogP contribution in [0.15, 0.2) is 48.5 Å². The highest BCUT2D eigenvalue weighted by Gasteiger charge is 2.36. The quantitative estimate of drug-likeness (QED) is 0.491. The fourth-order valence-electron chi connectivity index (χ4n) is 1.82. The van der Waals surface area contributed by atoms with Crippen LogP contribution >= 0.6 is 0 Å². The van der Waals surface area contributed by atoms with Gasteiger partial charge in [0.1, 0.15) is 0 Å². The van der Waals surface area contributed by atoms with Gasteiger partial charge in [-0.05, 0) is 6.07 Å². The average molecular weight is 295 g/mol. The SMILES string of the molecule is O=C(c1ccccc1)c1ccc([N+](=O)[O-])cc1C(F)(F)F. The molecule has 2 aromatic carbocycles. The average Bonchev–Trinajstić information content (AvgIpc) is 2.46. The summed E-state index contributed by atoms with van der Waals surface area (Å²) in [5, 5.41) is 10.6. The van der Waals surface area contributed by atoms with Gasteiger partial charge in [0.2, 0.25) is 0 Å². The third kappa shape index (κ3) is 3.07. The monoisotopic (exact) mass is 295 g/mol. The molecule has 0 aliphatic carbocycles. The Balaban J connectivity index is 2.58. The molecule has 0 aromatic heterocycles. The van der Waals surface area contributed by atoms with Crippen molar-refractivity contribution >= 4 is 11.5 Å². The topological polar surface area (TPSA) is 60.2 Å². The first-order valence-corrected chi connectivity index (χ1v) is 5.76. The minimum absolute atomic E-state index is 0.0804. The number of nitro benzene ring substituents is 1. The highest BCUT2D eigenvalue weighted by molar-refractivity contribution is 6.10. The molecule has 2 rings (SSSR count). The van der Waals surface area contributed by atoms with Crippen LogP contribution in [0.4, 0.5) is 18.9 Å². The Morgan fingerprint density at radius 2 is 1.67 bits per heavy atom. The largest absolute Gasteiger partial charge is 0.417 e. The second kappa shape index (κ2) is 5.35. The van der Waals surface area contributed by atoms with Gasteiger partial charge in [-0.15, -0.1) is 0 Å². The lowest BCUT2D eigenvalue weighted by Gasteiger charge is -2.11. The van der Waals surface area contributed by atoms with E-state index in [1.54, 1.807) is 6.07 Å². The summed E-state index contributed by atoms with van der Waals surface area (Å²) in [6.07, 6.45) is -4.86. The number of halogens is 3. The Morgan fingerprint density at radius 3 is 2.19 bits per heavy atom. The number of rotatable bonds is 3. The van der Waals surface area contributed by atoms with Crippen molar-refractivity contribution in [2.75, 3.05) is 0 Å². The van der Waals surface area contributed by atoms with Crippen LogP contribution in [0.5, 0.6) is 0 Å². The fraction of sp³-hybridized carbons (Fsp3) is 0.0714. The number of carbonyl (C=O) groups excluding carboxylic acids is 1. The van der Waals surface area contributed by atoms with Crippen molar-refractivity contribution in [2.45, 2.75) is 6.18 Å². The van der Waals surface area contributed by atoms with Gasteiger partial charge in [0.05, 0.1) is 10.5 Å². The maximum Gasteiger partial charge on any atom is 0.417 e. The van der Waals surface area contributed by atoms with Crippen molar-refractivity contribution in [3.8, 4) is 0 Å². The summed E-state index contributed by atoms with van der Waals surface area (Å²) in [6, 6.07) is 9.50. The molecule has 0 heterocycles. The molecule has 2 aromatic rings. The molecule has 0 N–H and O–H groups in total. The molecule has 0 radical (unpaired) electrons. The Kier molecular flexibility index (Phi) is 3.75. The summed E-state index contributed by atoms with van der Waals surface area (Å²) in [7, 11) is 0. The van der Waals surface area contributed by atoms with Gasteiger partial charge in [0, 0.05) is 23.3 Å². The first-order chi connectivity index (χ1) is 9.80. The molecule has 0 saturated carbocycles. The van der Waals surface area contributed by atoms with Crippen LogP contribution in [0.3, 0.4) is 0 Å². The number of hydrogen-bond acceptors (Lipinski definition) is 3. The molecule has 7 heteroatoms. The van der Waals surface area contributed by atoms with Crippen LogP contribution in [0, 0.1) is 10.1 Å². The van der Waals surface area contributed by atoms with Gasteiger partial charge in [0.15, 0.2) is 5.78 Å². The molecule has 4 nitrogen and oxygen atoms in total. The predicted octanol–water partition coefficient (Wildman–Crippen LogP) is 3.84. The van der Waals surface area contributed by atoms with E-state index in [1.165, 1.54) is 24.3 Å². The first-order valence-electron chi connectivity index (χ1n) is 5.76. The molecule has 0 saturated heterocycles. The molecule has 0 fully saturated rings. The molecular weight excluding hydrogens is 287 g/mol. The Labute approximate surface area is 117 Å². The van der Waals surface area contributed by atoms with E-state index in [4.69, 9.17) is 0 Å². The van der Waals surface area contributed by atoms with Crippen molar-refractivity contribution in [3.05, 3.63) is 75.3 Å². The zero-order valence-electron chi connectivity index (χ0n) is 10.4. The van der Waals surface area contributed by atoms with E-state index in [9.17, 15) is 28.1 Å². The lowest BCUT2D eigenvalue weighted by Crippen LogP contribution is -2.14. The van der Waals surface area contributed by atoms with E-state index in [2.05, 4.69) is 0 Å². The van der Waals surface area contributed by atoms with Gasteiger partial charge in [-0.1, -0.05) is 30.3 Å². The molecule has 0 bridgehead atoms. The number of ketones is 1. The maximum absolute atomic E-state index is 13.0. The van der Waals surface area contributed by atoms with E-state index in [0.29, 0.717) is 6.07 Å². The molecule has 0 aliphatic heterocycles. The zero-order chi connectivity index (χ0) is 15.6. The number of alkyl halides is 3. The predicted molar refractivity (Wildman–Crippen MR) is 68.0 cm³/mol. The summed E-state index contributed by atoms with van der Waals surface area (Å²) >= 11 is 0. The highest BCUT2D eigenvalue weighted by Crippen LogP contribution is 2.35. The molecule has 0 unspecified atom stereocenters. The second-order valence-corrected chi connectivity index (χ2v) is 4.18. The molecule has 0 spiro atoms. The van der Waals surface area contributed by atoms with Crippen molar-refractivity contribution in [1.82, 2.24) is 0 Å². The van der Waals surface area contributed by atoms with Gasteiger partial charge < -0.3 is 0 Å². The lowest BCUT2D eigenvalue weighted by atomic mass is 9.97. The molecule has 21 heavy (non-hydrogen) atoms.